The van der Waals surface area contributed by atoms with E-state index in [1.807, 2.05) is 31.3 Å². The van der Waals surface area contributed by atoms with Gasteiger partial charge in [0.15, 0.2) is 5.82 Å². The van der Waals surface area contributed by atoms with E-state index in [2.05, 4.69) is 4.98 Å². The van der Waals surface area contributed by atoms with Gasteiger partial charge in [-0.15, -0.1) is 11.8 Å². The van der Waals surface area contributed by atoms with Crippen molar-refractivity contribution < 1.29 is 4.79 Å². The number of rotatable bonds is 4. The van der Waals surface area contributed by atoms with Crippen LogP contribution in [-0.2, 0) is 7.05 Å². The van der Waals surface area contributed by atoms with E-state index in [-0.39, 0.29) is 5.78 Å². The van der Waals surface area contributed by atoms with Crippen LogP contribution in [0.15, 0.2) is 41.6 Å². The van der Waals surface area contributed by atoms with Gasteiger partial charge in [-0.25, -0.2) is 4.98 Å². The lowest BCUT2D eigenvalue weighted by molar-refractivity contribution is 0.101. The lowest BCUT2D eigenvalue weighted by atomic mass is 10.4. The smallest absolute Gasteiger partial charge is 0.208 e. The molecule has 0 unspecified atom stereocenters. The quantitative estimate of drug-likeness (QED) is 0.630. The number of hydrogen-bond donors (Lipinski definition) is 0. The molecule has 0 spiro atoms. The number of hydrogen-bond acceptors (Lipinski definition) is 3. The highest BCUT2D eigenvalue weighted by molar-refractivity contribution is 8.00. The molecule has 0 N–H and O–H groups in total. The summed E-state index contributed by atoms with van der Waals surface area (Å²) in [6, 6.07) is 7.46. The molecule has 0 aliphatic carbocycles. The Hall–Kier alpha value is -1.26. The molecule has 0 aliphatic heterocycles. The van der Waals surface area contributed by atoms with Crippen LogP contribution in [0.1, 0.15) is 10.6 Å². The van der Waals surface area contributed by atoms with Gasteiger partial charge in [0.2, 0.25) is 5.78 Å². The second-order valence-electron chi connectivity index (χ2n) is 3.53. The summed E-state index contributed by atoms with van der Waals surface area (Å²) in [5.74, 6) is 0.868. The number of ketones is 1. The Kier molecular flexibility index (Phi) is 3.86. The summed E-state index contributed by atoms with van der Waals surface area (Å²) in [5.41, 5.74) is 0. The van der Waals surface area contributed by atoms with Gasteiger partial charge < -0.3 is 4.57 Å². The maximum absolute atomic E-state index is 11.8. The lowest BCUT2D eigenvalue weighted by Gasteiger charge is -2.02. The van der Waals surface area contributed by atoms with Crippen molar-refractivity contribution in [1.29, 1.82) is 0 Å². The first-order valence-corrected chi connectivity index (χ1v) is 6.42. The van der Waals surface area contributed by atoms with Crippen LogP contribution >= 0.6 is 23.4 Å². The molecule has 0 amide bonds. The van der Waals surface area contributed by atoms with E-state index < -0.39 is 0 Å². The minimum Gasteiger partial charge on any atom is -0.332 e. The number of imidazole rings is 1. The third-order valence-corrected chi connectivity index (χ3v) is 3.47. The van der Waals surface area contributed by atoms with Gasteiger partial charge in [-0.3, -0.25) is 4.79 Å². The largest absolute Gasteiger partial charge is 0.332 e. The molecule has 3 nitrogen and oxygen atoms in total. The van der Waals surface area contributed by atoms with E-state index in [0.29, 0.717) is 16.6 Å². The maximum Gasteiger partial charge on any atom is 0.208 e. The van der Waals surface area contributed by atoms with E-state index in [4.69, 9.17) is 11.6 Å². The third kappa shape index (κ3) is 3.11. The summed E-state index contributed by atoms with van der Waals surface area (Å²) in [7, 11) is 1.81. The summed E-state index contributed by atoms with van der Waals surface area (Å²) < 4.78 is 1.72. The highest BCUT2D eigenvalue weighted by atomic mass is 35.5. The first-order valence-electron chi connectivity index (χ1n) is 5.05. The molecule has 0 fully saturated rings. The van der Waals surface area contributed by atoms with Crippen LogP contribution in [0.25, 0.3) is 0 Å². The summed E-state index contributed by atoms with van der Waals surface area (Å²) in [5, 5.41) is 0.680. The van der Waals surface area contributed by atoms with Crippen LogP contribution in [0.3, 0.4) is 0 Å². The molecule has 2 rings (SSSR count). The lowest BCUT2D eigenvalue weighted by Crippen LogP contribution is -2.09. The van der Waals surface area contributed by atoms with E-state index in [1.165, 1.54) is 11.8 Å². The Morgan fingerprint density at radius 3 is 3.00 bits per heavy atom. The summed E-state index contributed by atoms with van der Waals surface area (Å²) in [6.07, 6.45) is 3.38. The normalized spacial score (nSPS) is 10.5. The van der Waals surface area contributed by atoms with Crippen LogP contribution in [0.2, 0.25) is 5.02 Å². The van der Waals surface area contributed by atoms with Crippen molar-refractivity contribution in [2.75, 3.05) is 5.75 Å². The monoisotopic (exact) mass is 266 g/mol. The van der Waals surface area contributed by atoms with Crippen LogP contribution in [0, 0.1) is 0 Å². The number of Topliss-reactive ketones (excluding diaryl/α,β-unsaturated/α-hetero) is 1. The van der Waals surface area contributed by atoms with Gasteiger partial charge in [-0.1, -0.05) is 17.7 Å². The number of carbonyl (C=O) groups is 1. The number of halogens is 1. The van der Waals surface area contributed by atoms with Crippen molar-refractivity contribution in [3.8, 4) is 0 Å². The molecular weight excluding hydrogens is 256 g/mol. The minimum atomic E-state index is 0.0162. The molecule has 0 saturated carbocycles. The Morgan fingerprint density at radius 2 is 2.35 bits per heavy atom. The van der Waals surface area contributed by atoms with Gasteiger partial charge in [-0.2, -0.15) is 0 Å². The number of benzene rings is 1. The second kappa shape index (κ2) is 5.38. The first kappa shape index (κ1) is 12.2. The first-order chi connectivity index (χ1) is 8.16. The molecule has 0 radical (unpaired) electrons. The predicted molar refractivity (Wildman–Crippen MR) is 69.7 cm³/mol. The molecule has 2 aromatic rings. The van der Waals surface area contributed by atoms with Crippen LogP contribution in [0.4, 0.5) is 0 Å². The molecule has 1 aromatic carbocycles. The SMILES string of the molecule is Cn1ccnc1C(=O)CSc1cccc(Cl)c1. The standard InChI is InChI=1S/C12H11ClN2OS/c1-15-6-5-14-12(15)11(16)8-17-10-4-2-3-9(13)7-10/h2-7H,8H2,1H3. The average molecular weight is 267 g/mol. The number of nitrogens with zero attached hydrogens (tertiary/aromatic N) is 2. The van der Waals surface area contributed by atoms with Crippen molar-refractivity contribution in [1.82, 2.24) is 9.55 Å². The van der Waals surface area contributed by atoms with Gasteiger partial charge in [0.05, 0.1) is 5.75 Å². The van der Waals surface area contributed by atoms with Crippen LogP contribution < -0.4 is 0 Å². The van der Waals surface area contributed by atoms with Gasteiger partial charge in [0.25, 0.3) is 0 Å². The zero-order chi connectivity index (χ0) is 12.3. The highest BCUT2D eigenvalue weighted by Crippen LogP contribution is 2.22. The summed E-state index contributed by atoms with van der Waals surface area (Å²) in [4.78, 5) is 16.9. The molecular formula is C12H11ClN2OS. The topological polar surface area (TPSA) is 34.9 Å². The number of aryl methyl sites for hydroxylation is 1. The molecule has 0 saturated heterocycles. The fourth-order valence-corrected chi connectivity index (χ4v) is 2.47. The summed E-state index contributed by atoms with van der Waals surface area (Å²) in [6.45, 7) is 0. The molecule has 5 heteroatoms. The van der Waals surface area contributed by atoms with Crippen LogP contribution in [0.5, 0.6) is 0 Å². The van der Waals surface area contributed by atoms with E-state index in [9.17, 15) is 4.79 Å². The van der Waals surface area contributed by atoms with Crippen LogP contribution in [-0.4, -0.2) is 21.1 Å². The Bertz CT molecular complexity index is 539. The molecule has 1 heterocycles. The maximum atomic E-state index is 11.8. The average Bonchev–Trinajstić information content (AvgIpc) is 2.72. The van der Waals surface area contributed by atoms with Gasteiger partial charge in [0.1, 0.15) is 0 Å². The van der Waals surface area contributed by atoms with Gasteiger partial charge in [-0.05, 0) is 18.2 Å². The van der Waals surface area contributed by atoms with E-state index in [0.717, 1.165) is 4.90 Å². The molecule has 0 aliphatic rings. The molecule has 0 bridgehead atoms. The van der Waals surface area contributed by atoms with E-state index in [1.54, 1.807) is 17.0 Å². The minimum absolute atomic E-state index is 0.0162. The Morgan fingerprint density at radius 1 is 1.53 bits per heavy atom. The van der Waals surface area contributed by atoms with Crippen molar-refractivity contribution in [2.45, 2.75) is 4.90 Å². The molecule has 17 heavy (non-hydrogen) atoms. The van der Waals surface area contributed by atoms with Crippen molar-refractivity contribution in [3.63, 3.8) is 0 Å². The van der Waals surface area contributed by atoms with Gasteiger partial charge >= 0.3 is 0 Å². The molecule has 88 valence electrons. The zero-order valence-corrected chi connectivity index (χ0v) is 10.8. The molecule has 0 atom stereocenters. The van der Waals surface area contributed by atoms with Gasteiger partial charge in [0, 0.05) is 29.4 Å². The number of thioether (sulfide) groups is 1. The van der Waals surface area contributed by atoms with Crippen molar-refractivity contribution >= 4 is 29.1 Å². The second-order valence-corrected chi connectivity index (χ2v) is 5.02. The zero-order valence-electron chi connectivity index (χ0n) is 9.26. The predicted octanol–water partition coefficient (Wildman–Crippen LogP) is 3.05. The Labute approximate surface area is 109 Å². The fraction of sp³-hybridized carbons (Fsp3) is 0.167. The van der Waals surface area contributed by atoms with E-state index >= 15 is 0 Å². The third-order valence-electron chi connectivity index (χ3n) is 2.24. The molecule has 1 aromatic heterocycles. The summed E-state index contributed by atoms with van der Waals surface area (Å²) >= 11 is 7.33. The number of carbonyl (C=O) groups excluding carboxylic acids is 1. The van der Waals surface area contributed by atoms with Crippen molar-refractivity contribution in [2.24, 2.45) is 7.05 Å². The number of aromatic nitrogens is 2. The Balaban J connectivity index is 1.99. The van der Waals surface area contributed by atoms with Crippen molar-refractivity contribution in [3.05, 3.63) is 47.5 Å². The fourth-order valence-electron chi connectivity index (χ4n) is 1.40. The highest BCUT2D eigenvalue weighted by Gasteiger charge is 2.11.